The molecule has 0 amide bonds. The van der Waals surface area contributed by atoms with Crippen molar-refractivity contribution in [3.8, 4) is 0 Å². The van der Waals surface area contributed by atoms with E-state index in [2.05, 4.69) is 4.98 Å². The van der Waals surface area contributed by atoms with Gasteiger partial charge in [-0.05, 0) is 35.7 Å². The molecule has 2 aromatic carbocycles. The van der Waals surface area contributed by atoms with Crippen LogP contribution in [0.25, 0.3) is 21.7 Å². The van der Waals surface area contributed by atoms with Gasteiger partial charge in [-0.1, -0.05) is 47.5 Å². The van der Waals surface area contributed by atoms with Crippen LogP contribution in [0.5, 0.6) is 0 Å². The van der Waals surface area contributed by atoms with Crippen molar-refractivity contribution in [2.24, 2.45) is 0 Å². The van der Waals surface area contributed by atoms with Gasteiger partial charge in [-0.25, -0.2) is 9.78 Å². The number of carboxylic acid groups (broad SMARTS) is 1. The van der Waals surface area contributed by atoms with E-state index in [1.807, 2.05) is 36.4 Å². The van der Waals surface area contributed by atoms with Crippen molar-refractivity contribution >= 4 is 50.8 Å². The van der Waals surface area contributed by atoms with E-state index >= 15 is 0 Å². The number of aromatic nitrogens is 2. The summed E-state index contributed by atoms with van der Waals surface area (Å²) >= 11 is 12.3. The number of fused-ring (bicyclic) bond motifs is 2. The standard InChI is InChI=1S/C19H12Cl2N2O2/c20-13-6-5-11-7-14(22-18(21)15(11)9-13)10-23-16-4-2-1-3-12(16)8-17(23)19(24)25/h1-9H,10H2,(H,24,25). The fraction of sp³-hybridized carbons (Fsp3) is 0.0526. The highest BCUT2D eigenvalue weighted by atomic mass is 35.5. The molecule has 0 aliphatic carbocycles. The molecule has 0 aliphatic heterocycles. The van der Waals surface area contributed by atoms with E-state index in [4.69, 9.17) is 23.2 Å². The minimum Gasteiger partial charge on any atom is -0.477 e. The zero-order chi connectivity index (χ0) is 17.6. The van der Waals surface area contributed by atoms with Crippen molar-refractivity contribution in [3.63, 3.8) is 0 Å². The lowest BCUT2D eigenvalue weighted by atomic mass is 10.1. The second kappa shape index (κ2) is 6.06. The molecule has 0 spiro atoms. The third-order valence-electron chi connectivity index (χ3n) is 4.15. The highest BCUT2D eigenvalue weighted by molar-refractivity contribution is 6.36. The third kappa shape index (κ3) is 2.84. The molecule has 0 saturated heterocycles. The first-order chi connectivity index (χ1) is 12.0. The summed E-state index contributed by atoms with van der Waals surface area (Å²) in [5.74, 6) is -0.977. The van der Waals surface area contributed by atoms with Gasteiger partial charge in [-0.3, -0.25) is 0 Å². The number of nitrogens with zero attached hydrogens (tertiary/aromatic N) is 2. The lowest BCUT2D eigenvalue weighted by Gasteiger charge is -2.10. The van der Waals surface area contributed by atoms with Gasteiger partial charge in [-0.15, -0.1) is 0 Å². The Morgan fingerprint density at radius 3 is 2.64 bits per heavy atom. The number of hydrogen-bond acceptors (Lipinski definition) is 2. The van der Waals surface area contributed by atoms with E-state index in [9.17, 15) is 9.90 Å². The molecule has 2 aromatic heterocycles. The maximum atomic E-state index is 11.6. The number of carboxylic acids is 1. The van der Waals surface area contributed by atoms with Crippen LogP contribution in [-0.4, -0.2) is 20.6 Å². The number of carbonyl (C=O) groups is 1. The van der Waals surface area contributed by atoms with Crippen LogP contribution in [0, 0.1) is 0 Å². The van der Waals surface area contributed by atoms with Crippen LogP contribution in [0.3, 0.4) is 0 Å². The average Bonchev–Trinajstić information content (AvgIpc) is 2.95. The van der Waals surface area contributed by atoms with Crippen molar-refractivity contribution in [1.29, 1.82) is 0 Å². The normalized spacial score (nSPS) is 11.3. The van der Waals surface area contributed by atoms with Crippen molar-refractivity contribution in [3.05, 3.63) is 76.2 Å². The Morgan fingerprint density at radius 2 is 1.84 bits per heavy atom. The lowest BCUT2D eigenvalue weighted by molar-refractivity contribution is 0.0686. The number of para-hydroxylation sites is 1. The number of hydrogen-bond donors (Lipinski definition) is 1. The molecular weight excluding hydrogens is 359 g/mol. The van der Waals surface area contributed by atoms with E-state index in [1.165, 1.54) is 0 Å². The Kier molecular flexibility index (Phi) is 3.86. The predicted molar refractivity (Wildman–Crippen MR) is 99.8 cm³/mol. The molecule has 2 heterocycles. The fourth-order valence-electron chi connectivity index (χ4n) is 3.03. The van der Waals surface area contributed by atoms with Gasteiger partial charge < -0.3 is 9.67 Å². The van der Waals surface area contributed by atoms with Gasteiger partial charge in [0.05, 0.1) is 12.2 Å². The molecule has 0 bridgehead atoms. The smallest absolute Gasteiger partial charge is 0.352 e. The summed E-state index contributed by atoms with van der Waals surface area (Å²) in [4.78, 5) is 16.0. The topological polar surface area (TPSA) is 55.1 Å². The van der Waals surface area contributed by atoms with Crippen molar-refractivity contribution in [2.75, 3.05) is 0 Å². The molecule has 6 heteroatoms. The minimum absolute atomic E-state index is 0.218. The van der Waals surface area contributed by atoms with E-state index in [1.54, 1.807) is 22.8 Å². The van der Waals surface area contributed by atoms with Crippen LogP contribution in [0.1, 0.15) is 16.2 Å². The maximum Gasteiger partial charge on any atom is 0.352 e. The quantitative estimate of drug-likeness (QED) is 0.501. The van der Waals surface area contributed by atoms with Gasteiger partial charge in [0.1, 0.15) is 10.8 Å². The summed E-state index contributed by atoms with van der Waals surface area (Å²) in [7, 11) is 0. The van der Waals surface area contributed by atoms with Gasteiger partial charge in [0.2, 0.25) is 0 Å². The lowest BCUT2D eigenvalue weighted by Crippen LogP contribution is -2.10. The van der Waals surface area contributed by atoms with Crippen LogP contribution in [-0.2, 0) is 6.54 Å². The van der Waals surface area contributed by atoms with Crippen molar-refractivity contribution in [2.45, 2.75) is 6.54 Å². The molecule has 0 radical (unpaired) electrons. The molecule has 0 aliphatic rings. The summed E-state index contributed by atoms with van der Waals surface area (Å²) in [5.41, 5.74) is 1.74. The van der Waals surface area contributed by atoms with E-state index < -0.39 is 5.97 Å². The summed E-state index contributed by atoms with van der Waals surface area (Å²) in [6.45, 7) is 0.313. The molecule has 124 valence electrons. The summed E-state index contributed by atoms with van der Waals surface area (Å²) < 4.78 is 1.73. The van der Waals surface area contributed by atoms with E-state index in [-0.39, 0.29) is 5.69 Å². The number of aromatic carboxylic acids is 1. The second-order valence-electron chi connectivity index (χ2n) is 5.75. The second-order valence-corrected chi connectivity index (χ2v) is 6.54. The number of pyridine rings is 1. The molecule has 0 atom stereocenters. The van der Waals surface area contributed by atoms with E-state index in [0.717, 1.165) is 21.7 Å². The van der Waals surface area contributed by atoms with Gasteiger partial charge in [0, 0.05) is 21.3 Å². The fourth-order valence-corrected chi connectivity index (χ4v) is 3.48. The molecule has 4 aromatic rings. The molecule has 1 N–H and O–H groups in total. The first-order valence-electron chi connectivity index (χ1n) is 7.59. The van der Waals surface area contributed by atoms with Crippen LogP contribution in [0.4, 0.5) is 0 Å². The van der Waals surface area contributed by atoms with Gasteiger partial charge in [0.15, 0.2) is 0 Å². The molecule has 4 nitrogen and oxygen atoms in total. The Bertz CT molecular complexity index is 1140. The Labute approximate surface area is 153 Å². The largest absolute Gasteiger partial charge is 0.477 e. The predicted octanol–water partition coefficient (Wildman–Crippen LogP) is 5.24. The first-order valence-corrected chi connectivity index (χ1v) is 8.35. The van der Waals surface area contributed by atoms with Crippen LogP contribution >= 0.6 is 23.2 Å². The number of rotatable bonds is 3. The molecule has 0 unspecified atom stereocenters. The average molecular weight is 371 g/mol. The van der Waals surface area contributed by atoms with Gasteiger partial charge >= 0.3 is 5.97 Å². The molecule has 0 fully saturated rings. The highest BCUT2D eigenvalue weighted by Crippen LogP contribution is 2.27. The molecule has 4 rings (SSSR count). The Balaban J connectivity index is 1.86. The van der Waals surface area contributed by atoms with Crippen LogP contribution in [0.15, 0.2) is 54.6 Å². The van der Waals surface area contributed by atoms with Gasteiger partial charge in [-0.2, -0.15) is 0 Å². The first kappa shape index (κ1) is 15.9. The van der Waals surface area contributed by atoms with Crippen molar-refractivity contribution in [1.82, 2.24) is 9.55 Å². The minimum atomic E-state index is -0.977. The summed E-state index contributed by atoms with van der Waals surface area (Å²) in [5, 5.41) is 13.0. The summed E-state index contributed by atoms with van der Waals surface area (Å²) in [6, 6.07) is 16.5. The number of halogens is 2. The Morgan fingerprint density at radius 1 is 1.04 bits per heavy atom. The zero-order valence-corrected chi connectivity index (χ0v) is 14.4. The SMILES string of the molecule is O=C(O)c1cc2ccccc2n1Cc1cc2ccc(Cl)cc2c(Cl)n1. The monoisotopic (exact) mass is 370 g/mol. The highest BCUT2D eigenvalue weighted by Gasteiger charge is 2.15. The van der Waals surface area contributed by atoms with Crippen LogP contribution < -0.4 is 0 Å². The summed E-state index contributed by atoms with van der Waals surface area (Å²) in [6.07, 6.45) is 0. The Hall–Kier alpha value is -2.56. The van der Waals surface area contributed by atoms with Crippen LogP contribution in [0.2, 0.25) is 10.2 Å². The molecular formula is C19H12Cl2N2O2. The zero-order valence-electron chi connectivity index (χ0n) is 12.9. The van der Waals surface area contributed by atoms with Gasteiger partial charge in [0.25, 0.3) is 0 Å². The molecule has 25 heavy (non-hydrogen) atoms. The van der Waals surface area contributed by atoms with E-state index in [0.29, 0.717) is 22.4 Å². The third-order valence-corrected chi connectivity index (χ3v) is 4.67. The number of benzene rings is 2. The molecule has 0 saturated carbocycles. The van der Waals surface area contributed by atoms with Crippen molar-refractivity contribution < 1.29 is 9.90 Å². The maximum absolute atomic E-state index is 11.6.